The molecule has 1 unspecified atom stereocenters. The smallest absolute Gasteiger partial charge is 0.0946 e. The van der Waals surface area contributed by atoms with Crippen LogP contribution in [0.5, 0.6) is 0 Å². The van der Waals surface area contributed by atoms with Crippen molar-refractivity contribution in [2.45, 2.75) is 26.8 Å². The molecule has 1 aromatic rings. The standard InChI is InChI=1S/C7H13N3.C2H6/c1-6(8-2)7-4-9-5-10(7)3;1-2/h4-6,8H,1-3H3;1-2H3. The maximum atomic E-state index is 4.01. The van der Waals surface area contributed by atoms with Gasteiger partial charge in [-0.1, -0.05) is 13.8 Å². The van der Waals surface area contributed by atoms with E-state index in [0.29, 0.717) is 6.04 Å². The SMILES string of the molecule is CC.CNC(C)c1cncn1C. The number of aromatic nitrogens is 2. The lowest BCUT2D eigenvalue weighted by Gasteiger charge is -2.09. The third-order valence-corrected chi connectivity index (χ3v) is 1.73. The molecule has 0 spiro atoms. The lowest BCUT2D eigenvalue weighted by molar-refractivity contribution is 0.605. The zero-order valence-electron chi connectivity index (χ0n) is 8.63. The van der Waals surface area contributed by atoms with E-state index in [1.165, 1.54) is 5.69 Å². The van der Waals surface area contributed by atoms with Gasteiger partial charge in [0, 0.05) is 19.3 Å². The minimum atomic E-state index is 0.382. The summed E-state index contributed by atoms with van der Waals surface area (Å²) in [7, 11) is 3.94. The van der Waals surface area contributed by atoms with Gasteiger partial charge < -0.3 is 9.88 Å². The predicted molar refractivity (Wildman–Crippen MR) is 52.0 cm³/mol. The van der Waals surface area contributed by atoms with Crippen molar-refractivity contribution in [2.24, 2.45) is 7.05 Å². The molecular formula is C9H19N3. The lowest BCUT2D eigenvalue weighted by Crippen LogP contribution is -2.15. The second-order valence-electron chi connectivity index (χ2n) is 2.44. The monoisotopic (exact) mass is 169 g/mol. The zero-order valence-corrected chi connectivity index (χ0v) is 8.63. The molecule has 70 valence electrons. The van der Waals surface area contributed by atoms with Gasteiger partial charge >= 0.3 is 0 Å². The molecule has 0 aromatic carbocycles. The lowest BCUT2D eigenvalue weighted by atomic mass is 10.2. The molecule has 1 atom stereocenters. The maximum absolute atomic E-state index is 4.01. The highest BCUT2D eigenvalue weighted by Gasteiger charge is 2.04. The molecule has 0 aliphatic rings. The minimum Gasteiger partial charge on any atom is -0.336 e. The number of nitrogens with one attached hydrogen (secondary N) is 1. The number of aryl methyl sites for hydroxylation is 1. The molecule has 0 saturated heterocycles. The zero-order chi connectivity index (χ0) is 9.56. The van der Waals surface area contributed by atoms with E-state index < -0.39 is 0 Å². The molecule has 1 heterocycles. The van der Waals surface area contributed by atoms with Crippen molar-refractivity contribution in [1.29, 1.82) is 0 Å². The van der Waals surface area contributed by atoms with Crippen LogP contribution in [0.1, 0.15) is 32.5 Å². The second kappa shape index (κ2) is 5.77. The fourth-order valence-electron chi connectivity index (χ4n) is 0.933. The number of hydrogen-bond acceptors (Lipinski definition) is 2. The second-order valence-corrected chi connectivity index (χ2v) is 2.44. The highest BCUT2D eigenvalue weighted by atomic mass is 15.1. The van der Waals surface area contributed by atoms with Gasteiger partial charge in [0.05, 0.1) is 12.0 Å². The maximum Gasteiger partial charge on any atom is 0.0946 e. The van der Waals surface area contributed by atoms with Crippen LogP contribution < -0.4 is 5.32 Å². The van der Waals surface area contributed by atoms with Crippen LogP contribution in [-0.2, 0) is 7.05 Å². The van der Waals surface area contributed by atoms with Crippen molar-refractivity contribution in [3.05, 3.63) is 18.2 Å². The molecule has 1 rings (SSSR count). The Morgan fingerprint density at radius 2 is 2.08 bits per heavy atom. The average Bonchev–Trinajstić information content (AvgIpc) is 2.54. The predicted octanol–water partition coefficient (Wildman–Crippen LogP) is 1.73. The van der Waals surface area contributed by atoms with E-state index in [1.54, 1.807) is 0 Å². The molecule has 0 aliphatic carbocycles. The van der Waals surface area contributed by atoms with Crippen molar-refractivity contribution in [3.63, 3.8) is 0 Å². The van der Waals surface area contributed by atoms with Crippen LogP contribution in [0.2, 0.25) is 0 Å². The van der Waals surface area contributed by atoms with Crippen LogP contribution in [0.4, 0.5) is 0 Å². The largest absolute Gasteiger partial charge is 0.336 e. The summed E-state index contributed by atoms with van der Waals surface area (Å²) in [5.74, 6) is 0. The number of rotatable bonds is 2. The molecule has 0 aliphatic heterocycles. The van der Waals surface area contributed by atoms with Crippen LogP contribution in [0.15, 0.2) is 12.5 Å². The Kier molecular flexibility index (Phi) is 5.37. The summed E-state index contributed by atoms with van der Waals surface area (Å²) >= 11 is 0. The normalized spacial score (nSPS) is 11.8. The Bertz CT molecular complexity index is 205. The van der Waals surface area contributed by atoms with Gasteiger partial charge in [0.25, 0.3) is 0 Å². The molecule has 3 heteroatoms. The summed E-state index contributed by atoms with van der Waals surface area (Å²) in [6, 6.07) is 0.382. The van der Waals surface area contributed by atoms with Crippen molar-refractivity contribution in [1.82, 2.24) is 14.9 Å². The fourth-order valence-corrected chi connectivity index (χ4v) is 0.933. The van der Waals surface area contributed by atoms with Gasteiger partial charge in [0.15, 0.2) is 0 Å². The Hall–Kier alpha value is -0.830. The third-order valence-electron chi connectivity index (χ3n) is 1.73. The summed E-state index contributed by atoms with van der Waals surface area (Å²) in [5, 5.41) is 3.15. The highest BCUT2D eigenvalue weighted by molar-refractivity contribution is 5.02. The van der Waals surface area contributed by atoms with E-state index in [4.69, 9.17) is 0 Å². The quantitative estimate of drug-likeness (QED) is 0.730. The Morgan fingerprint density at radius 3 is 2.42 bits per heavy atom. The molecular weight excluding hydrogens is 150 g/mol. The molecule has 0 saturated carbocycles. The summed E-state index contributed by atoms with van der Waals surface area (Å²) in [4.78, 5) is 4.01. The van der Waals surface area contributed by atoms with Crippen molar-refractivity contribution >= 4 is 0 Å². The Morgan fingerprint density at radius 1 is 1.50 bits per heavy atom. The summed E-state index contributed by atoms with van der Waals surface area (Å²) in [6.07, 6.45) is 3.68. The van der Waals surface area contributed by atoms with Crippen molar-refractivity contribution in [2.75, 3.05) is 7.05 Å². The first kappa shape index (κ1) is 11.2. The van der Waals surface area contributed by atoms with Gasteiger partial charge in [-0.2, -0.15) is 0 Å². The molecule has 1 aromatic heterocycles. The van der Waals surface area contributed by atoms with Crippen molar-refractivity contribution < 1.29 is 0 Å². The first-order valence-electron chi connectivity index (χ1n) is 4.39. The summed E-state index contributed by atoms with van der Waals surface area (Å²) < 4.78 is 2.02. The topological polar surface area (TPSA) is 29.9 Å². The van der Waals surface area contributed by atoms with Gasteiger partial charge in [-0.25, -0.2) is 4.98 Å². The average molecular weight is 169 g/mol. The Labute approximate surface area is 74.8 Å². The third kappa shape index (κ3) is 2.66. The van der Waals surface area contributed by atoms with Gasteiger partial charge in [-0.3, -0.25) is 0 Å². The van der Waals surface area contributed by atoms with E-state index in [9.17, 15) is 0 Å². The number of hydrogen-bond donors (Lipinski definition) is 1. The molecule has 3 nitrogen and oxygen atoms in total. The fraction of sp³-hybridized carbons (Fsp3) is 0.667. The summed E-state index contributed by atoms with van der Waals surface area (Å²) in [6.45, 7) is 6.11. The van der Waals surface area contributed by atoms with Crippen LogP contribution in [0.25, 0.3) is 0 Å². The Balaban J connectivity index is 0.000000561. The molecule has 12 heavy (non-hydrogen) atoms. The van der Waals surface area contributed by atoms with E-state index in [-0.39, 0.29) is 0 Å². The van der Waals surface area contributed by atoms with Crippen LogP contribution in [0.3, 0.4) is 0 Å². The molecule has 0 bridgehead atoms. The molecule has 1 N–H and O–H groups in total. The summed E-state index contributed by atoms with van der Waals surface area (Å²) in [5.41, 5.74) is 1.21. The van der Waals surface area contributed by atoms with Gasteiger partial charge in [0.2, 0.25) is 0 Å². The van der Waals surface area contributed by atoms with Crippen LogP contribution in [-0.4, -0.2) is 16.6 Å². The molecule has 0 radical (unpaired) electrons. The van der Waals surface area contributed by atoms with Gasteiger partial charge in [0.1, 0.15) is 0 Å². The number of imidazole rings is 1. The van der Waals surface area contributed by atoms with E-state index in [2.05, 4.69) is 17.2 Å². The highest BCUT2D eigenvalue weighted by Crippen LogP contribution is 2.07. The van der Waals surface area contributed by atoms with E-state index in [1.807, 2.05) is 45.0 Å². The van der Waals surface area contributed by atoms with Gasteiger partial charge in [-0.15, -0.1) is 0 Å². The van der Waals surface area contributed by atoms with Crippen molar-refractivity contribution in [3.8, 4) is 0 Å². The van der Waals surface area contributed by atoms with E-state index in [0.717, 1.165) is 0 Å². The first-order chi connectivity index (χ1) is 5.75. The van der Waals surface area contributed by atoms with Crippen LogP contribution in [0, 0.1) is 0 Å². The number of nitrogens with zero attached hydrogens (tertiary/aromatic N) is 2. The van der Waals surface area contributed by atoms with E-state index >= 15 is 0 Å². The first-order valence-corrected chi connectivity index (χ1v) is 4.39. The minimum absolute atomic E-state index is 0.382. The molecule has 0 fully saturated rings. The van der Waals surface area contributed by atoms with Gasteiger partial charge in [-0.05, 0) is 14.0 Å². The van der Waals surface area contributed by atoms with Crippen LogP contribution >= 0.6 is 0 Å². The molecule has 0 amide bonds.